The average Bonchev–Trinajstić information content (AvgIpc) is 2.36. The highest BCUT2D eigenvalue weighted by Crippen LogP contribution is 2.19. The molecule has 108 valence electrons. The van der Waals surface area contributed by atoms with E-state index in [2.05, 4.69) is 16.7 Å². The van der Waals surface area contributed by atoms with Crippen molar-refractivity contribution >= 4 is 11.8 Å². The molecule has 0 aliphatic heterocycles. The largest absolute Gasteiger partial charge is 0.354 e. The van der Waals surface area contributed by atoms with Crippen molar-refractivity contribution < 1.29 is 9.59 Å². The first-order chi connectivity index (χ1) is 8.89. The minimum atomic E-state index is -0.451. The van der Waals surface area contributed by atoms with Gasteiger partial charge in [-0.2, -0.15) is 0 Å². The number of hydrogen-bond acceptors (Lipinski definition) is 2. The van der Waals surface area contributed by atoms with Gasteiger partial charge in [-0.1, -0.05) is 32.4 Å². The van der Waals surface area contributed by atoms with Crippen LogP contribution in [0.25, 0.3) is 0 Å². The summed E-state index contributed by atoms with van der Waals surface area (Å²) in [5, 5.41) is 5.49. The third kappa shape index (κ3) is 6.41. The van der Waals surface area contributed by atoms with E-state index >= 15 is 0 Å². The van der Waals surface area contributed by atoms with Gasteiger partial charge in [-0.25, -0.2) is 0 Å². The monoisotopic (exact) mass is 266 g/mol. The van der Waals surface area contributed by atoms with Gasteiger partial charge in [0, 0.05) is 12.0 Å². The number of allylic oxidation sites excluding steroid dienone is 1. The average molecular weight is 266 g/mol. The summed E-state index contributed by atoms with van der Waals surface area (Å²) in [5.74, 6) is -0.216. The fourth-order valence-corrected chi connectivity index (χ4v) is 1.98. The Balaban J connectivity index is 2.14. The van der Waals surface area contributed by atoms with Crippen molar-refractivity contribution in [1.29, 1.82) is 0 Å². The van der Waals surface area contributed by atoms with Crippen LogP contribution in [-0.2, 0) is 9.59 Å². The summed E-state index contributed by atoms with van der Waals surface area (Å²) in [7, 11) is 0. The summed E-state index contributed by atoms with van der Waals surface area (Å²) in [6.07, 6.45) is 8.10. The Kier molecular flexibility index (Phi) is 6.06. The third-order valence-corrected chi connectivity index (χ3v) is 3.24. The normalized spacial score (nSPS) is 15.6. The smallest absolute Gasteiger partial charge is 0.239 e. The lowest BCUT2D eigenvalue weighted by atomic mass is 9.96. The molecule has 0 heterocycles. The number of carbonyl (C=O) groups excluding carboxylic acids is 2. The van der Waals surface area contributed by atoms with Crippen LogP contribution in [0.1, 0.15) is 52.9 Å². The van der Waals surface area contributed by atoms with E-state index in [1.54, 1.807) is 0 Å². The molecular formula is C15H26N2O2. The molecule has 0 aromatic carbocycles. The summed E-state index contributed by atoms with van der Waals surface area (Å²) in [6.45, 7) is 6.21. The second kappa shape index (κ2) is 7.31. The molecule has 0 aromatic heterocycles. The first-order valence-corrected chi connectivity index (χ1v) is 7.12. The molecule has 0 fully saturated rings. The van der Waals surface area contributed by atoms with Crippen molar-refractivity contribution in [2.45, 2.75) is 52.9 Å². The van der Waals surface area contributed by atoms with Gasteiger partial charge < -0.3 is 10.6 Å². The first kappa shape index (κ1) is 15.7. The molecule has 1 aliphatic carbocycles. The SMILES string of the molecule is CC(C)(C)C(=O)NCC(=O)NCCC1=CCCCC1. The van der Waals surface area contributed by atoms with Gasteiger partial charge in [0.1, 0.15) is 0 Å². The van der Waals surface area contributed by atoms with Crippen LogP contribution in [0, 0.1) is 5.41 Å². The van der Waals surface area contributed by atoms with E-state index < -0.39 is 5.41 Å². The maximum Gasteiger partial charge on any atom is 0.239 e. The number of nitrogens with one attached hydrogen (secondary N) is 2. The molecule has 0 radical (unpaired) electrons. The van der Waals surface area contributed by atoms with Gasteiger partial charge in [0.15, 0.2) is 0 Å². The molecule has 1 rings (SSSR count). The topological polar surface area (TPSA) is 58.2 Å². The molecule has 2 amide bonds. The summed E-state index contributed by atoms with van der Waals surface area (Å²) < 4.78 is 0. The minimum Gasteiger partial charge on any atom is -0.354 e. The fourth-order valence-electron chi connectivity index (χ4n) is 1.98. The molecule has 19 heavy (non-hydrogen) atoms. The predicted molar refractivity (Wildman–Crippen MR) is 76.6 cm³/mol. The Morgan fingerprint density at radius 1 is 1.21 bits per heavy atom. The Bertz CT molecular complexity index is 354. The molecule has 0 spiro atoms. The van der Waals surface area contributed by atoms with Crippen LogP contribution in [0.3, 0.4) is 0 Å². The molecule has 0 unspecified atom stereocenters. The van der Waals surface area contributed by atoms with Gasteiger partial charge >= 0.3 is 0 Å². The highest BCUT2D eigenvalue weighted by molar-refractivity contribution is 5.87. The first-order valence-electron chi connectivity index (χ1n) is 7.12. The van der Waals surface area contributed by atoms with Gasteiger partial charge in [0.25, 0.3) is 0 Å². The van der Waals surface area contributed by atoms with Crippen molar-refractivity contribution in [1.82, 2.24) is 10.6 Å². The van der Waals surface area contributed by atoms with Crippen LogP contribution in [-0.4, -0.2) is 24.9 Å². The lowest BCUT2D eigenvalue weighted by Gasteiger charge is -2.17. The van der Waals surface area contributed by atoms with Crippen LogP contribution in [0.4, 0.5) is 0 Å². The fraction of sp³-hybridized carbons (Fsp3) is 0.733. The van der Waals surface area contributed by atoms with E-state index in [-0.39, 0.29) is 18.4 Å². The van der Waals surface area contributed by atoms with E-state index in [0.717, 1.165) is 12.8 Å². The van der Waals surface area contributed by atoms with Gasteiger partial charge in [-0.3, -0.25) is 9.59 Å². The molecule has 0 saturated heterocycles. The number of carbonyl (C=O) groups is 2. The molecular weight excluding hydrogens is 240 g/mol. The zero-order valence-electron chi connectivity index (χ0n) is 12.3. The van der Waals surface area contributed by atoms with Gasteiger partial charge in [0.2, 0.25) is 11.8 Å². The van der Waals surface area contributed by atoms with Crippen molar-refractivity contribution in [3.05, 3.63) is 11.6 Å². The Labute approximate surface area is 116 Å². The molecule has 4 nitrogen and oxygen atoms in total. The Morgan fingerprint density at radius 3 is 2.53 bits per heavy atom. The summed E-state index contributed by atoms with van der Waals surface area (Å²) in [6, 6.07) is 0. The lowest BCUT2D eigenvalue weighted by Crippen LogP contribution is -2.41. The molecule has 2 N–H and O–H groups in total. The van der Waals surface area contributed by atoms with Crippen LogP contribution < -0.4 is 10.6 Å². The van der Waals surface area contributed by atoms with Crippen LogP contribution in [0.2, 0.25) is 0 Å². The standard InChI is InChI=1S/C15H26N2O2/c1-15(2,3)14(19)17-11-13(18)16-10-9-12-7-5-4-6-8-12/h7H,4-6,8-11H2,1-3H3,(H,16,18)(H,17,19). The quantitative estimate of drug-likeness (QED) is 0.749. The second-order valence-corrected chi connectivity index (χ2v) is 6.14. The Morgan fingerprint density at radius 2 is 1.95 bits per heavy atom. The maximum atomic E-state index is 11.6. The zero-order valence-corrected chi connectivity index (χ0v) is 12.3. The maximum absolute atomic E-state index is 11.6. The van der Waals surface area contributed by atoms with E-state index in [1.165, 1.54) is 24.8 Å². The van der Waals surface area contributed by atoms with Crippen molar-refractivity contribution in [3.8, 4) is 0 Å². The minimum absolute atomic E-state index is 0.0646. The van der Waals surface area contributed by atoms with E-state index in [4.69, 9.17) is 0 Å². The number of rotatable bonds is 5. The molecule has 0 saturated carbocycles. The Hall–Kier alpha value is -1.32. The van der Waals surface area contributed by atoms with Gasteiger partial charge in [-0.05, 0) is 32.1 Å². The molecule has 4 heteroatoms. The lowest BCUT2D eigenvalue weighted by molar-refractivity contribution is -0.131. The van der Waals surface area contributed by atoms with Crippen molar-refractivity contribution in [2.24, 2.45) is 5.41 Å². The number of amides is 2. The van der Waals surface area contributed by atoms with Crippen LogP contribution in [0.15, 0.2) is 11.6 Å². The predicted octanol–water partition coefficient (Wildman–Crippen LogP) is 2.16. The number of hydrogen-bond donors (Lipinski definition) is 2. The summed E-state index contributed by atoms with van der Waals surface area (Å²) in [5.41, 5.74) is 0.998. The highest BCUT2D eigenvalue weighted by Gasteiger charge is 2.21. The third-order valence-electron chi connectivity index (χ3n) is 3.24. The van der Waals surface area contributed by atoms with Gasteiger partial charge in [0.05, 0.1) is 6.54 Å². The summed E-state index contributed by atoms with van der Waals surface area (Å²) >= 11 is 0. The van der Waals surface area contributed by atoms with Crippen LogP contribution >= 0.6 is 0 Å². The summed E-state index contributed by atoms with van der Waals surface area (Å²) in [4.78, 5) is 23.2. The van der Waals surface area contributed by atoms with E-state index in [9.17, 15) is 9.59 Å². The molecule has 0 atom stereocenters. The molecule has 0 aromatic rings. The van der Waals surface area contributed by atoms with Crippen molar-refractivity contribution in [3.63, 3.8) is 0 Å². The van der Waals surface area contributed by atoms with Crippen molar-refractivity contribution in [2.75, 3.05) is 13.1 Å². The van der Waals surface area contributed by atoms with Gasteiger partial charge in [-0.15, -0.1) is 0 Å². The van der Waals surface area contributed by atoms with Crippen LogP contribution in [0.5, 0.6) is 0 Å². The molecule has 1 aliphatic rings. The highest BCUT2D eigenvalue weighted by atomic mass is 16.2. The molecule has 0 bridgehead atoms. The zero-order chi connectivity index (χ0) is 14.3. The van der Waals surface area contributed by atoms with E-state index in [0.29, 0.717) is 6.54 Å². The second-order valence-electron chi connectivity index (χ2n) is 6.14. The van der Waals surface area contributed by atoms with E-state index in [1.807, 2.05) is 20.8 Å².